The van der Waals surface area contributed by atoms with E-state index in [9.17, 15) is 19.5 Å². The Kier molecular flexibility index (Phi) is 7.97. The molecule has 138 valence electrons. The van der Waals surface area contributed by atoms with E-state index in [0.29, 0.717) is 5.92 Å². The van der Waals surface area contributed by atoms with Crippen LogP contribution in [-0.4, -0.2) is 54.4 Å². The molecule has 4 atom stereocenters. The summed E-state index contributed by atoms with van der Waals surface area (Å²) in [6, 6.07) is -1.83. The van der Waals surface area contributed by atoms with Gasteiger partial charge >= 0.3 is 12.1 Å². The number of ether oxygens (including phenoxy) is 1. The van der Waals surface area contributed by atoms with Crippen molar-refractivity contribution in [1.29, 1.82) is 0 Å². The molecule has 2 amide bonds. The van der Waals surface area contributed by atoms with E-state index < -0.39 is 24.1 Å². The van der Waals surface area contributed by atoms with Gasteiger partial charge in [-0.25, -0.2) is 4.79 Å². The Labute approximate surface area is 142 Å². The van der Waals surface area contributed by atoms with Crippen molar-refractivity contribution in [3.63, 3.8) is 0 Å². The molecule has 1 heterocycles. The maximum Gasteiger partial charge on any atom is 0.407 e. The van der Waals surface area contributed by atoms with Crippen molar-refractivity contribution < 1.29 is 24.2 Å². The zero-order valence-corrected chi connectivity index (χ0v) is 14.8. The Morgan fingerprint density at radius 3 is 2.38 bits per heavy atom. The first kappa shape index (κ1) is 20.2. The van der Waals surface area contributed by atoms with Gasteiger partial charge in [0.1, 0.15) is 6.04 Å². The lowest BCUT2D eigenvalue weighted by atomic mass is 9.89. The zero-order valence-electron chi connectivity index (χ0n) is 14.8. The van der Waals surface area contributed by atoms with Gasteiger partial charge in [-0.2, -0.15) is 0 Å². The van der Waals surface area contributed by atoms with E-state index in [1.165, 1.54) is 14.0 Å². The Balaban J connectivity index is 2.97. The van der Waals surface area contributed by atoms with Crippen molar-refractivity contribution >= 4 is 18.0 Å². The van der Waals surface area contributed by atoms with Crippen molar-refractivity contribution in [3.05, 3.63) is 0 Å². The summed E-state index contributed by atoms with van der Waals surface area (Å²) in [5.74, 6) is -0.743. The molecular weight excluding hydrogens is 314 g/mol. The van der Waals surface area contributed by atoms with E-state index in [0.717, 1.165) is 19.3 Å². The molecule has 0 saturated carbocycles. The molecule has 0 aromatic carbocycles. The molecule has 24 heavy (non-hydrogen) atoms. The monoisotopic (exact) mass is 343 g/mol. The maximum absolute atomic E-state index is 11.6. The highest BCUT2D eigenvalue weighted by Crippen LogP contribution is 2.23. The number of rotatable bonds is 8. The van der Waals surface area contributed by atoms with Crippen molar-refractivity contribution in [2.24, 2.45) is 5.92 Å². The summed E-state index contributed by atoms with van der Waals surface area (Å²) < 4.78 is 4.63. The highest BCUT2D eigenvalue weighted by Gasteiger charge is 2.42. The minimum absolute atomic E-state index is 0.177. The Hall–Kier alpha value is -1.83. The van der Waals surface area contributed by atoms with Crippen molar-refractivity contribution in [3.8, 4) is 0 Å². The first-order valence-corrected chi connectivity index (χ1v) is 8.42. The van der Waals surface area contributed by atoms with Gasteiger partial charge in [0.2, 0.25) is 5.91 Å². The minimum Gasteiger partial charge on any atom is -0.480 e. The standard InChI is InChI=1S/C16H29N3O5/c1-5-10(6-2)7-11(17-9(3)20)14-12(19-16(23)24-4)8-13(18-14)15(21)22/h10-14,18H,5-8H2,1-4H3,(H,17,20)(H,19,23)(H,21,22)/t11-,12+,13+,14-/m0/s1. The van der Waals surface area contributed by atoms with E-state index in [1.54, 1.807) is 0 Å². The fraction of sp³-hybridized carbons (Fsp3) is 0.812. The lowest BCUT2D eigenvalue weighted by Gasteiger charge is -2.31. The number of amides is 2. The molecule has 0 bridgehead atoms. The van der Waals surface area contributed by atoms with Gasteiger partial charge in [0.05, 0.1) is 13.2 Å². The molecule has 1 fully saturated rings. The second-order valence-electron chi connectivity index (χ2n) is 6.29. The van der Waals surface area contributed by atoms with Gasteiger partial charge in [-0.15, -0.1) is 0 Å². The first-order chi connectivity index (χ1) is 11.3. The van der Waals surface area contributed by atoms with Gasteiger partial charge in [0.25, 0.3) is 0 Å². The minimum atomic E-state index is -0.974. The van der Waals surface area contributed by atoms with Gasteiger partial charge in [0.15, 0.2) is 0 Å². The summed E-state index contributed by atoms with van der Waals surface area (Å²) in [4.78, 5) is 34.5. The summed E-state index contributed by atoms with van der Waals surface area (Å²) in [6.07, 6.45) is 2.29. The Bertz CT molecular complexity index is 453. The highest BCUT2D eigenvalue weighted by atomic mass is 16.5. The molecule has 0 aliphatic carbocycles. The van der Waals surface area contributed by atoms with E-state index in [1.807, 2.05) is 0 Å². The van der Waals surface area contributed by atoms with Crippen LogP contribution >= 0.6 is 0 Å². The fourth-order valence-corrected chi connectivity index (χ4v) is 3.28. The van der Waals surface area contributed by atoms with Gasteiger partial charge < -0.3 is 20.5 Å². The summed E-state index contributed by atoms with van der Waals surface area (Å²) in [6.45, 7) is 5.61. The number of alkyl carbamates (subject to hydrolysis) is 1. The van der Waals surface area contributed by atoms with E-state index in [-0.39, 0.29) is 24.4 Å². The molecule has 4 N–H and O–H groups in total. The number of carbonyl (C=O) groups excluding carboxylic acids is 2. The SMILES string of the molecule is CCC(CC)C[C@H](NC(C)=O)[C@@H]1N[C@@H](C(=O)O)C[C@H]1NC(=O)OC. The number of carboxylic acids is 1. The van der Waals surface area contributed by atoms with Crippen molar-refractivity contribution in [2.45, 2.75) is 70.6 Å². The predicted molar refractivity (Wildman–Crippen MR) is 88.6 cm³/mol. The fourth-order valence-electron chi connectivity index (χ4n) is 3.28. The average Bonchev–Trinajstić information content (AvgIpc) is 2.94. The lowest BCUT2D eigenvalue weighted by molar-refractivity contribution is -0.139. The van der Waals surface area contributed by atoms with Gasteiger partial charge in [-0.1, -0.05) is 26.7 Å². The third-order valence-corrected chi connectivity index (χ3v) is 4.67. The van der Waals surface area contributed by atoms with Crippen LogP contribution in [0.4, 0.5) is 4.79 Å². The first-order valence-electron chi connectivity index (χ1n) is 8.42. The number of carboxylic acid groups (broad SMARTS) is 1. The molecule has 1 aliphatic rings. The number of carbonyl (C=O) groups is 3. The third-order valence-electron chi connectivity index (χ3n) is 4.67. The molecular formula is C16H29N3O5. The largest absolute Gasteiger partial charge is 0.480 e. The molecule has 8 nitrogen and oxygen atoms in total. The summed E-state index contributed by atoms with van der Waals surface area (Å²) in [5.41, 5.74) is 0. The van der Waals surface area contributed by atoms with Crippen molar-refractivity contribution in [2.75, 3.05) is 7.11 Å². The van der Waals surface area contributed by atoms with Crippen LogP contribution in [0.5, 0.6) is 0 Å². The molecule has 0 spiro atoms. The summed E-state index contributed by atoms with van der Waals surface area (Å²) in [7, 11) is 1.26. The van der Waals surface area contributed by atoms with E-state index in [4.69, 9.17) is 0 Å². The van der Waals surface area contributed by atoms with Crippen LogP contribution in [0.25, 0.3) is 0 Å². The summed E-state index contributed by atoms with van der Waals surface area (Å²) in [5, 5.41) is 17.9. The van der Waals surface area contributed by atoms with Crippen LogP contribution in [0.15, 0.2) is 0 Å². The molecule has 8 heteroatoms. The van der Waals surface area contributed by atoms with Crippen LogP contribution in [0.1, 0.15) is 46.5 Å². The highest BCUT2D eigenvalue weighted by molar-refractivity contribution is 5.75. The van der Waals surface area contributed by atoms with Crippen LogP contribution in [0.3, 0.4) is 0 Å². The molecule has 1 rings (SSSR count). The van der Waals surface area contributed by atoms with Gasteiger partial charge in [-0.05, 0) is 18.8 Å². The molecule has 0 unspecified atom stereocenters. The van der Waals surface area contributed by atoms with Crippen LogP contribution in [0.2, 0.25) is 0 Å². The number of aliphatic carboxylic acids is 1. The average molecular weight is 343 g/mol. The lowest BCUT2D eigenvalue weighted by Crippen LogP contribution is -2.56. The normalized spacial score (nSPS) is 24.5. The molecule has 1 aliphatic heterocycles. The second-order valence-corrected chi connectivity index (χ2v) is 6.29. The van der Waals surface area contributed by atoms with Crippen LogP contribution in [0, 0.1) is 5.92 Å². The van der Waals surface area contributed by atoms with Crippen LogP contribution < -0.4 is 16.0 Å². The Morgan fingerprint density at radius 1 is 1.29 bits per heavy atom. The third kappa shape index (κ3) is 5.67. The quantitative estimate of drug-likeness (QED) is 0.519. The van der Waals surface area contributed by atoms with E-state index in [2.05, 4.69) is 34.5 Å². The zero-order chi connectivity index (χ0) is 18.3. The van der Waals surface area contributed by atoms with Gasteiger partial charge in [0, 0.05) is 19.0 Å². The van der Waals surface area contributed by atoms with Crippen LogP contribution in [-0.2, 0) is 14.3 Å². The van der Waals surface area contributed by atoms with Gasteiger partial charge in [-0.3, -0.25) is 14.9 Å². The molecule has 0 aromatic rings. The molecule has 0 aromatic heterocycles. The maximum atomic E-state index is 11.6. The van der Waals surface area contributed by atoms with Crippen molar-refractivity contribution in [1.82, 2.24) is 16.0 Å². The number of nitrogens with one attached hydrogen (secondary N) is 3. The second kappa shape index (κ2) is 9.46. The smallest absolute Gasteiger partial charge is 0.407 e. The molecule has 1 saturated heterocycles. The molecule has 0 radical (unpaired) electrons. The number of hydrogen-bond donors (Lipinski definition) is 4. The van der Waals surface area contributed by atoms with E-state index >= 15 is 0 Å². The topological polar surface area (TPSA) is 117 Å². The predicted octanol–water partition coefficient (Wildman–Crippen LogP) is 0.857. The Morgan fingerprint density at radius 2 is 1.92 bits per heavy atom. The number of hydrogen-bond acceptors (Lipinski definition) is 5. The summed E-state index contributed by atoms with van der Waals surface area (Å²) >= 11 is 0. The number of methoxy groups -OCH3 is 1.